The van der Waals surface area contributed by atoms with Crippen molar-refractivity contribution in [1.82, 2.24) is 5.32 Å². The number of phenols is 1. The minimum atomic E-state index is -0.377. The molecule has 0 spiro atoms. The molecule has 4 heteroatoms. The Morgan fingerprint density at radius 1 is 1.39 bits per heavy atom. The van der Waals surface area contributed by atoms with Crippen LogP contribution in [0, 0.1) is 5.82 Å². The van der Waals surface area contributed by atoms with E-state index in [2.05, 4.69) is 12.2 Å². The molecule has 2 unspecified atom stereocenters. The molecule has 1 saturated carbocycles. The SMILES string of the molecule is CCSC1CCC(NCc2cc(O)cc(F)c2)C1. The van der Waals surface area contributed by atoms with Gasteiger partial charge in [-0.15, -0.1) is 0 Å². The van der Waals surface area contributed by atoms with E-state index < -0.39 is 0 Å². The summed E-state index contributed by atoms with van der Waals surface area (Å²) in [6.45, 7) is 2.82. The molecule has 2 N–H and O–H groups in total. The number of benzene rings is 1. The Labute approximate surface area is 112 Å². The van der Waals surface area contributed by atoms with E-state index in [0.717, 1.165) is 16.9 Å². The van der Waals surface area contributed by atoms with Gasteiger partial charge in [-0.1, -0.05) is 6.92 Å². The number of thioether (sulfide) groups is 1. The fraction of sp³-hybridized carbons (Fsp3) is 0.571. The van der Waals surface area contributed by atoms with Crippen LogP contribution in [0.5, 0.6) is 5.75 Å². The van der Waals surface area contributed by atoms with Gasteiger partial charge in [0, 0.05) is 23.9 Å². The maximum Gasteiger partial charge on any atom is 0.127 e. The first-order valence-electron chi connectivity index (χ1n) is 6.50. The first-order chi connectivity index (χ1) is 8.67. The third-order valence-corrected chi connectivity index (χ3v) is 4.56. The summed E-state index contributed by atoms with van der Waals surface area (Å²) in [7, 11) is 0. The van der Waals surface area contributed by atoms with Gasteiger partial charge in [0.1, 0.15) is 11.6 Å². The average molecular weight is 269 g/mol. The van der Waals surface area contributed by atoms with Crippen LogP contribution in [0.1, 0.15) is 31.7 Å². The predicted molar refractivity (Wildman–Crippen MR) is 74.5 cm³/mol. The highest BCUT2D eigenvalue weighted by atomic mass is 32.2. The second-order valence-electron chi connectivity index (χ2n) is 4.79. The van der Waals surface area contributed by atoms with Crippen LogP contribution >= 0.6 is 11.8 Å². The van der Waals surface area contributed by atoms with Gasteiger partial charge in [0.15, 0.2) is 0 Å². The molecule has 1 aliphatic carbocycles. The summed E-state index contributed by atoms with van der Waals surface area (Å²) in [4.78, 5) is 0. The van der Waals surface area contributed by atoms with Crippen molar-refractivity contribution >= 4 is 11.8 Å². The van der Waals surface area contributed by atoms with E-state index in [1.807, 2.05) is 11.8 Å². The van der Waals surface area contributed by atoms with Gasteiger partial charge in [0.25, 0.3) is 0 Å². The van der Waals surface area contributed by atoms with Gasteiger partial charge in [0.2, 0.25) is 0 Å². The number of phenolic OH excluding ortho intramolecular Hbond substituents is 1. The van der Waals surface area contributed by atoms with Crippen LogP contribution in [0.25, 0.3) is 0 Å². The van der Waals surface area contributed by atoms with E-state index in [1.165, 1.54) is 31.1 Å². The lowest BCUT2D eigenvalue weighted by molar-refractivity contribution is 0.465. The van der Waals surface area contributed by atoms with Crippen LogP contribution in [0.15, 0.2) is 18.2 Å². The maximum absolute atomic E-state index is 13.1. The molecule has 1 aromatic carbocycles. The van der Waals surface area contributed by atoms with Crippen LogP contribution in [-0.2, 0) is 6.54 Å². The Hall–Kier alpha value is -0.740. The lowest BCUT2D eigenvalue weighted by atomic mass is 10.2. The number of rotatable bonds is 5. The molecule has 0 amide bonds. The summed E-state index contributed by atoms with van der Waals surface area (Å²) >= 11 is 2.03. The van der Waals surface area contributed by atoms with E-state index >= 15 is 0 Å². The third kappa shape index (κ3) is 3.89. The summed E-state index contributed by atoms with van der Waals surface area (Å²) in [6.07, 6.45) is 3.66. The van der Waals surface area contributed by atoms with Crippen LogP contribution < -0.4 is 5.32 Å². The highest BCUT2D eigenvalue weighted by Crippen LogP contribution is 2.29. The molecule has 100 valence electrons. The molecule has 0 radical (unpaired) electrons. The number of hydrogen-bond donors (Lipinski definition) is 2. The fourth-order valence-corrected chi connectivity index (χ4v) is 3.65. The topological polar surface area (TPSA) is 32.3 Å². The van der Waals surface area contributed by atoms with E-state index in [4.69, 9.17) is 0 Å². The molecule has 2 rings (SSSR count). The molecule has 1 fully saturated rings. The number of aromatic hydroxyl groups is 1. The zero-order valence-electron chi connectivity index (χ0n) is 10.7. The summed E-state index contributed by atoms with van der Waals surface area (Å²) in [5, 5.41) is 13.5. The van der Waals surface area contributed by atoms with Crippen molar-refractivity contribution < 1.29 is 9.50 Å². The van der Waals surface area contributed by atoms with Gasteiger partial charge in [0.05, 0.1) is 0 Å². The highest BCUT2D eigenvalue weighted by molar-refractivity contribution is 7.99. The Morgan fingerprint density at radius 2 is 2.22 bits per heavy atom. The molecule has 1 aliphatic rings. The second kappa shape index (κ2) is 6.43. The van der Waals surface area contributed by atoms with Crippen molar-refractivity contribution in [1.29, 1.82) is 0 Å². The Kier molecular flexibility index (Phi) is 4.89. The van der Waals surface area contributed by atoms with E-state index in [-0.39, 0.29) is 11.6 Å². The first kappa shape index (κ1) is 13.7. The molecule has 1 aromatic rings. The van der Waals surface area contributed by atoms with Gasteiger partial charge in [-0.3, -0.25) is 0 Å². The van der Waals surface area contributed by atoms with E-state index in [0.29, 0.717) is 12.6 Å². The normalized spacial score (nSPS) is 23.4. The molecule has 0 heterocycles. The average Bonchev–Trinajstić information content (AvgIpc) is 2.74. The minimum Gasteiger partial charge on any atom is -0.508 e. The molecule has 0 saturated heterocycles. The quantitative estimate of drug-likeness (QED) is 0.860. The molecule has 2 atom stereocenters. The fourth-order valence-electron chi connectivity index (χ4n) is 2.51. The van der Waals surface area contributed by atoms with Gasteiger partial charge in [-0.05, 0) is 42.7 Å². The molecular weight excluding hydrogens is 249 g/mol. The summed E-state index contributed by atoms with van der Waals surface area (Å²) in [6, 6.07) is 4.75. The Morgan fingerprint density at radius 3 is 2.94 bits per heavy atom. The van der Waals surface area contributed by atoms with Crippen molar-refractivity contribution in [3.63, 3.8) is 0 Å². The van der Waals surface area contributed by atoms with Crippen molar-refractivity contribution in [2.24, 2.45) is 0 Å². The Balaban J connectivity index is 1.81. The van der Waals surface area contributed by atoms with Crippen molar-refractivity contribution in [3.05, 3.63) is 29.6 Å². The number of nitrogens with one attached hydrogen (secondary N) is 1. The predicted octanol–water partition coefficient (Wildman–Crippen LogP) is 3.30. The van der Waals surface area contributed by atoms with E-state index in [1.54, 1.807) is 6.07 Å². The van der Waals surface area contributed by atoms with Gasteiger partial charge in [-0.25, -0.2) is 4.39 Å². The van der Waals surface area contributed by atoms with Crippen LogP contribution in [-0.4, -0.2) is 22.2 Å². The maximum atomic E-state index is 13.1. The summed E-state index contributed by atoms with van der Waals surface area (Å²) < 4.78 is 13.1. The summed E-state index contributed by atoms with van der Waals surface area (Å²) in [5.41, 5.74) is 0.805. The third-order valence-electron chi connectivity index (χ3n) is 3.32. The monoisotopic (exact) mass is 269 g/mol. The standard InChI is InChI=1S/C14H20FNOS/c1-2-18-14-4-3-12(8-14)16-9-10-5-11(15)7-13(17)6-10/h5-7,12,14,16-17H,2-4,8-9H2,1H3. The number of halogens is 1. The molecular formula is C14H20FNOS. The molecule has 2 nitrogen and oxygen atoms in total. The zero-order valence-corrected chi connectivity index (χ0v) is 11.5. The van der Waals surface area contributed by atoms with Crippen molar-refractivity contribution in [2.45, 2.75) is 44.0 Å². The Bertz CT molecular complexity index is 379. The molecule has 0 aliphatic heterocycles. The molecule has 0 aromatic heterocycles. The van der Waals surface area contributed by atoms with Crippen LogP contribution in [0.4, 0.5) is 4.39 Å². The van der Waals surface area contributed by atoms with Gasteiger partial charge in [-0.2, -0.15) is 11.8 Å². The lowest BCUT2D eigenvalue weighted by Gasteiger charge is -2.13. The first-order valence-corrected chi connectivity index (χ1v) is 7.55. The summed E-state index contributed by atoms with van der Waals surface area (Å²) in [5.74, 6) is 0.796. The van der Waals surface area contributed by atoms with Crippen LogP contribution in [0.2, 0.25) is 0 Å². The second-order valence-corrected chi connectivity index (χ2v) is 6.36. The van der Waals surface area contributed by atoms with Gasteiger partial charge >= 0.3 is 0 Å². The van der Waals surface area contributed by atoms with E-state index in [9.17, 15) is 9.50 Å². The molecule has 18 heavy (non-hydrogen) atoms. The molecule has 0 bridgehead atoms. The van der Waals surface area contributed by atoms with Gasteiger partial charge < -0.3 is 10.4 Å². The lowest BCUT2D eigenvalue weighted by Crippen LogP contribution is -2.26. The largest absolute Gasteiger partial charge is 0.508 e. The van der Waals surface area contributed by atoms with Crippen molar-refractivity contribution in [3.8, 4) is 5.75 Å². The minimum absolute atomic E-state index is 0.00219. The number of hydrogen-bond acceptors (Lipinski definition) is 3. The zero-order chi connectivity index (χ0) is 13.0. The van der Waals surface area contributed by atoms with Crippen LogP contribution in [0.3, 0.4) is 0 Å². The van der Waals surface area contributed by atoms with Crippen molar-refractivity contribution in [2.75, 3.05) is 5.75 Å². The smallest absolute Gasteiger partial charge is 0.127 e. The highest BCUT2D eigenvalue weighted by Gasteiger charge is 2.23.